The van der Waals surface area contributed by atoms with Crippen LogP contribution in [0.15, 0.2) is 47.4 Å². The number of esters is 1. The zero-order chi connectivity index (χ0) is 20.0. The third-order valence-electron chi connectivity index (χ3n) is 3.81. The summed E-state index contributed by atoms with van der Waals surface area (Å²) in [4.78, 5) is 11.5. The molecule has 7 nitrogen and oxygen atoms in total. The van der Waals surface area contributed by atoms with E-state index in [1.165, 1.54) is 33.5 Å². The average Bonchev–Trinajstić information content (AvgIpc) is 2.66. The van der Waals surface area contributed by atoms with Gasteiger partial charge in [-0.2, -0.15) is 0 Å². The van der Waals surface area contributed by atoms with Gasteiger partial charge in [-0.3, -0.25) is 4.79 Å². The van der Waals surface area contributed by atoms with E-state index in [1.807, 2.05) is 0 Å². The van der Waals surface area contributed by atoms with Crippen molar-refractivity contribution in [2.24, 2.45) is 0 Å². The molecule has 0 unspecified atom stereocenters. The lowest BCUT2D eigenvalue weighted by atomic mass is 10.0. The molecule has 146 valence electrons. The van der Waals surface area contributed by atoms with E-state index in [0.29, 0.717) is 17.1 Å². The first kappa shape index (κ1) is 20.7. The van der Waals surface area contributed by atoms with Crippen molar-refractivity contribution >= 4 is 16.0 Å². The number of sulfonamides is 1. The molecular weight excluding hydrogens is 377 g/mol. The summed E-state index contributed by atoms with van der Waals surface area (Å²) < 4.78 is 56.1. The Balaban J connectivity index is 2.41. The summed E-state index contributed by atoms with van der Waals surface area (Å²) in [5, 5.41) is 0. The molecule has 2 rings (SSSR count). The fourth-order valence-electron chi connectivity index (χ4n) is 2.44. The third-order valence-corrected chi connectivity index (χ3v) is 5.28. The fourth-order valence-corrected chi connectivity index (χ4v) is 3.69. The summed E-state index contributed by atoms with van der Waals surface area (Å²) >= 11 is 0. The molecule has 0 spiro atoms. The Bertz CT molecular complexity index is 916. The van der Waals surface area contributed by atoms with Crippen molar-refractivity contribution < 1.29 is 31.8 Å². The van der Waals surface area contributed by atoms with Gasteiger partial charge in [0, 0.05) is 0 Å². The molecule has 0 radical (unpaired) electrons. The van der Waals surface area contributed by atoms with Crippen molar-refractivity contribution in [3.63, 3.8) is 0 Å². The highest BCUT2D eigenvalue weighted by Crippen LogP contribution is 2.31. The number of carbonyl (C=O) groups is 1. The number of hydrogen-bond donors (Lipinski definition) is 1. The smallest absolute Gasteiger partial charge is 0.307 e. The zero-order valence-electron chi connectivity index (χ0n) is 15.1. The molecule has 0 aromatic heterocycles. The van der Waals surface area contributed by atoms with Gasteiger partial charge in [-0.1, -0.05) is 12.1 Å². The Hall–Kier alpha value is -2.65. The minimum Gasteiger partial charge on any atom is -0.493 e. The van der Waals surface area contributed by atoms with Gasteiger partial charge in [-0.25, -0.2) is 17.5 Å². The molecule has 2 aromatic rings. The van der Waals surface area contributed by atoms with Crippen LogP contribution >= 0.6 is 0 Å². The summed E-state index contributed by atoms with van der Waals surface area (Å²) in [7, 11) is 0.0211. The molecule has 0 aliphatic heterocycles. The maximum Gasteiger partial charge on any atom is 0.307 e. The maximum atomic E-state index is 13.4. The third kappa shape index (κ3) is 5.18. The quantitative estimate of drug-likeness (QED) is 0.688. The highest BCUT2D eigenvalue weighted by molar-refractivity contribution is 7.89. The van der Waals surface area contributed by atoms with Gasteiger partial charge in [0.25, 0.3) is 0 Å². The van der Waals surface area contributed by atoms with Gasteiger partial charge in [-0.15, -0.1) is 0 Å². The standard InChI is InChI=1S/C18H20FNO6S/c1-24-16-8-7-12(9-17(16)25-2)15(11-18(21)26-3)20-27(22,23)14-6-4-5-13(19)10-14/h4-10,15,20H,11H2,1-3H3/t15-/m1/s1. The molecule has 0 amide bonds. The Morgan fingerprint density at radius 2 is 1.78 bits per heavy atom. The van der Waals surface area contributed by atoms with Crippen LogP contribution in [0.1, 0.15) is 18.0 Å². The largest absolute Gasteiger partial charge is 0.493 e. The van der Waals surface area contributed by atoms with Crippen molar-refractivity contribution in [2.45, 2.75) is 17.4 Å². The number of carbonyl (C=O) groups excluding carboxylic acids is 1. The topological polar surface area (TPSA) is 90.9 Å². The summed E-state index contributed by atoms with van der Waals surface area (Å²) in [6.07, 6.45) is -0.263. The molecule has 27 heavy (non-hydrogen) atoms. The number of rotatable bonds is 8. The molecule has 9 heteroatoms. The van der Waals surface area contributed by atoms with E-state index >= 15 is 0 Å². The van der Waals surface area contributed by atoms with Crippen LogP contribution in [0.3, 0.4) is 0 Å². The summed E-state index contributed by atoms with van der Waals surface area (Å²) in [6, 6.07) is 8.37. The molecule has 1 atom stereocenters. The molecule has 0 saturated heterocycles. The first-order chi connectivity index (χ1) is 12.8. The molecule has 0 aliphatic carbocycles. The lowest BCUT2D eigenvalue weighted by molar-refractivity contribution is -0.141. The van der Waals surface area contributed by atoms with E-state index < -0.39 is 27.9 Å². The van der Waals surface area contributed by atoms with Crippen LogP contribution in [0.5, 0.6) is 11.5 Å². The second kappa shape index (κ2) is 8.83. The molecule has 0 fully saturated rings. The SMILES string of the molecule is COC(=O)C[C@@H](NS(=O)(=O)c1cccc(F)c1)c1ccc(OC)c(OC)c1. The summed E-state index contributed by atoms with van der Waals surface area (Å²) in [5.41, 5.74) is 0.457. The monoisotopic (exact) mass is 397 g/mol. The molecule has 0 aliphatic rings. The number of halogens is 1. The van der Waals surface area contributed by atoms with E-state index in [0.717, 1.165) is 12.1 Å². The van der Waals surface area contributed by atoms with Crippen LogP contribution in [-0.2, 0) is 19.6 Å². The second-order valence-electron chi connectivity index (χ2n) is 5.53. The molecule has 1 N–H and O–H groups in total. The first-order valence-corrected chi connectivity index (χ1v) is 9.35. The second-order valence-corrected chi connectivity index (χ2v) is 7.24. The predicted octanol–water partition coefficient (Wildman–Crippen LogP) is 2.43. The van der Waals surface area contributed by atoms with Crippen molar-refractivity contribution in [1.82, 2.24) is 4.72 Å². The maximum absolute atomic E-state index is 13.4. The van der Waals surface area contributed by atoms with Crippen LogP contribution in [0.25, 0.3) is 0 Å². The van der Waals surface area contributed by atoms with Crippen molar-refractivity contribution in [3.05, 3.63) is 53.8 Å². The van der Waals surface area contributed by atoms with Crippen LogP contribution in [0, 0.1) is 5.82 Å². The highest BCUT2D eigenvalue weighted by Gasteiger charge is 2.25. The zero-order valence-corrected chi connectivity index (χ0v) is 15.9. The van der Waals surface area contributed by atoms with Crippen LogP contribution in [-0.4, -0.2) is 35.7 Å². The normalized spacial score (nSPS) is 12.3. The van der Waals surface area contributed by atoms with E-state index in [-0.39, 0.29) is 11.3 Å². The molecule has 0 bridgehead atoms. The highest BCUT2D eigenvalue weighted by atomic mass is 32.2. The van der Waals surface area contributed by atoms with Gasteiger partial charge < -0.3 is 14.2 Å². The number of nitrogens with one attached hydrogen (secondary N) is 1. The Morgan fingerprint density at radius 3 is 2.37 bits per heavy atom. The van der Waals surface area contributed by atoms with Gasteiger partial charge in [-0.05, 0) is 35.9 Å². The van der Waals surface area contributed by atoms with Crippen molar-refractivity contribution in [1.29, 1.82) is 0 Å². The number of ether oxygens (including phenoxy) is 3. The summed E-state index contributed by atoms with van der Waals surface area (Å²) in [5.74, 6) is -0.480. The fraction of sp³-hybridized carbons (Fsp3) is 0.278. The van der Waals surface area contributed by atoms with Crippen molar-refractivity contribution in [3.8, 4) is 11.5 Å². The van der Waals surface area contributed by atoms with Crippen LogP contribution in [0.4, 0.5) is 4.39 Å². The lowest BCUT2D eigenvalue weighted by Crippen LogP contribution is -2.30. The Labute approximate surface area is 157 Å². The molecule has 0 saturated carbocycles. The number of methoxy groups -OCH3 is 3. The van der Waals surface area contributed by atoms with Gasteiger partial charge in [0.15, 0.2) is 11.5 Å². The van der Waals surface area contributed by atoms with Gasteiger partial charge in [0.2, 0.25) is 10.0 Å². The van der Waals surface area contributed by atoms with Gasteiger partial charge in [0.05, 0.1) is 38.7 Å². The minimum atomic E-state index is -4.09. The molecule has 0 heterocycles. The van der Waals surface area contributed by atoms with Gasteiger partial charge in [0.1, 0.15) is 5.82 Å². The van der Waals surface area contributed by atoms with E-state index in [2.05, 4.69) is 9.46 Å². The van der Waals surface area contributed by atoms with E-state index in [4.69, 9.17) is 9.47 Å². The number of benzene rings is 2. The molecule has 2 aromatic carbocycles. The average molecular weight is 397 g/mol. The van der Waals surface area contributed by atoms with E-state index in [9.17, 15) is 17.6 Å². The number of hydrogen-bond acceptors (Lipinski definition) is 6. The van der Waals surface area contributed by atoms with Crippen LogP contribution < -0.4 is 14.2 Å². The van der Waals surface area contributed by atoms with Gasteiger partial charge >= 0.3 is 5.97 Å². The van der Waals surface area contributed by atoms with Crippen molar-refractivity contribution in [2.75, 3.05) is 21.3 Å². The predicted molar refractivity (Wildman–Crippen MR) is 95.6 cm³/mol. The lowest BCUT2D eigenvalue weighted by Gasteiger charge is -2.20. The Kier molecular flexibility index (Phi) is 6.75. The minimum absolute atomic E-state index is 0.252. The van der Waals surface area contributed by atoms with E-state index in [1.54, 1.807) is 18.2 Å². The first-order valence-electron chi connectivity index (χ1n) is 7.87. The summed E-state index contributed by atoms with van der Waals surface area (Å²) in [6.45, 7) is 0. The molecular formula is C18H20FNO6S. The Morgan fingerprint density at radius 1 is 1.07 bits per heavy atom. The van der Waals surface area contributed by atoms with Crippen LogP contribution in [0.2, 0.25) is 0 Å².